The summed E-state index contributed by atoms with van der Waals surface area (Å²) in [6.07, 6.45) is 5.35. The number of rotatable bonds is 4. The SMILES string of the molecule is C[C@H](Nc1ncccc1C#N)[C@@H](C)n1cccn1. The Bertz CT molecular complexity index is 541. The molecule has 0 unspecified atom stereocenters. The summed E-state index contributed by atoms with van der Waals surface area (Å²) in [4.78, 5) is 4.19. The molecule has 0 bridgehead atoms. The number of hydrogen-bond acceptors (Lipinski definition) is 4. The molecular formula is C13H15N5. The summed E-state index contributed by atoms with van der Waals surface area (Å²) in [5, 5.41) is 16.5. The first-order valence-electron chi connectivity index (χ1n) is 5.83. The second-order valence-corrected chi connectivity index (χ2v) is 4.17. The predicted molar refractivity (Wildman–Crippen MR) is 69.0 cm³/mol. The molecule has 0 aliphatic heterocycles. The number of pyridine rings is 1. The van der Waals surface area contributed by atoms with E-state index in [1.54, 1.807) is 24.5 Å². The topological polar surface area (TPSA) is 66.5 Å². The van der Waals surface area contributed by atoms with Crippen LogP contribution in [0.3, 0.4) is 0 Å². The van der Waals surface area contributed by atoms with Crippen molar-refractivity contribution in [1.29, 1.82) is 5.26 Å². The van der Waals surface area contributed by atoms with Crippen LogP contribution in [-0.4, -0.2) is 20.8 Å². The summed E-state index contributed by atoms with van der Waals surface area (Å²) in [5.74, 6) is 0.617. The van der Waals surface area contributed by atoms with Gasteiger partial charge < -0.3 is 5.32 Å². The van der Waals surface area contributed by atoms with Crippen molar-refractivity contribution in [2.45, 2.75) is 25.9 Å². The molecule has 0 amide bonds. The fourth-order valence-electron chi connectivity index (χ4n) is 1.70. The van der Waals surface area contributed by atoms with Crippen LogP contribution in [0.25, 0.3) is 0 Å². The van der Waals surface area contributed by atoms with Gasteiger partial charge in [-0.25, -0.2) is 4.98 Å². The van der Waals surface area contributed by atoms with Crippen molar-refractivity contribution in [3.8, 4) is 6.07 Å². The van der Waals surface area contributed by atoms with Gasteiger partial charge in [0.2, 0.25) is 0 Å². The molecule has 1 N–H and O–H groups in total. The highest BCUT2D eigenvalue weighted by Crippen LogP contribution is 2.16. The zero-order valence-corrected chi connectivity index (χ0v) is 10.4. The molecule has 0 spiro atoms. The van der Waals surface area contributed by atoms with E-state index in [1.165, 1.54) is 0 Å². The van der Waals surface area contributed by atoms with Crippen LogP contribution in [-0.2, 0) is 0 Å². The Morgan fingerprint density at radius 3 is 2.83 bits per heavy atom. The van der Waals surface area contributed by atoms with Gasteiger partial charge >= 0.3 is 0 Å². The van der Waals surface area contributed by atoms with Gasteiger partial charge in [-0.05, 0) is 32.0 Å². The van der Waals surface area contributed by atoms with Crippen LogP contribution in [0.4, 0.5) is 5.82 Å². The first kappa shape index (κ1) is 12.1. The van der Waals surface area contributed by atoms with Crippen LogP contribution >= 0.6 is 0 Å². The number of nitrogens with one attached hydrogen (secondary N) is 1. The van der Waals surface area contributed by atoms with Gasteiger partial charge in [-0.2, -0.15) is 10.4 Å². The number of nitrogens with zero attached hydrogens (tertiary/aromatic N) is 4. The second-order valence-electron chi connectivity index (χ2n) is 4.17. The Hall–Kier alpha value is -2.35. The summed E-state index contributed by atoms with van der Waals surface area (Å²) in [5.41, 5.74) is 0.553. The van der Waals surface area contributed by atoms with Crippen molar-refractivity contribution >= 4 is 5.82 Å². The van der Waals surface area contributed by atoms with Crippen molar-refractivity contribution in [2.75, 3.05) is 5.32 Å². The van der Waals surface area contributed by atoms with Gasteiger partial charge in [0, 0.05) is 24.6 Å². The van der Waals surface area contributed by atoms with Crippen LogP contribution in [0.1, 0.15) is 25.5 Å². The first-order valence-corrected chi connectivity index (χ1v) is 5.83. The number of nitriles is 1. The lowest BCUT2D eigenvalue weighted by molar-refractivity contribution is 0.443. The molecule has 0 saturated carbocycles. The minimum Gasteiger partial charge on any atom is -0.364 e. The summed E-state index contributed by atoms with van der Waals surface area (Å²) < 4.78 is 1.88. The highest BCUT2D eigenvalue weighted by Gasteiger charge is 2.15. The number of anilines is 1. The van der Waals surface area contributed by atoms with Crippen molar-refractivity contribution in [3.05, 3.63) is 42.4 Å². The van der Waals surface area contributed by atoms with Gasteiger partial charge in [-0.15, -0.1) is 0 Å². The third-order valence-electron chi connectivity index (χ3n) is 2.96. The normalized spacial score (nSPS) is 13.6. The second kappa shape index (κ2) is 5.32. The maximum absolute atomic E-state index is 9.01. The molecule has 2 aromatic heterocycles. The van der Waals surface area contributed by atoms with Crippen LogP contribution < -0.4 is 5.32 Å². The molecule has 0 radical (unpaired) electrons. The van der Waals surface area contributed by atoms with Gasteiger partial charge in [-0.1, -0.05) is 0 Å². The van der Waals surface area contributed by atoms with E-state index in [1.807, 2.05) is 23.9 Å². The molecule has 2 aromatic rings. The molecule has 0 fully saturated rings. The highest BCUT2D eigenvalue weighted by atomic mass is 15.3. The summed E-state index contributed by atoms with van der Waals surface area (Å²) >= 11 is 0. The molecule has 0 aliphatic carbocycles. The zero-order valence-electron chi connectivity index (χ0n) is 10.4. The Balaban J connectivity index is 2.12. The van der Waals surface area contributed by atoms with Crippen LogP contribution in [0.5, 0.6) is 0 Å². The van der Waals surface area contributed by atoms with Crippen LogP contribution in [0.15, 0.2) is 36.8 Å². The third-order valence-corrected chi connectivity index (χ3v) is 2.96. The van der Waals surface area contributed by atoms with Gasteiger partial charge in [-0.3, -0.25) is 4.68 Å². The molecule has 2 heterocycles. The highest BCUT2D eigenvalue weighted by molar-refractivity contribution is 5.51. The van der Waals surface area contributed by atoms with Gasteiger partial charge in [0.15, 0.2) is 0 Å². The molecular weight excluding hydrogens is 226 g/mol. The maximum atomic E-state index is 9.01. The number of aromatic nitrogens is 3. The molecule has 2 atom stereocenters. The molecule has 5 nitrogen and oxygen atoms in total. The Morgan fingerprint density at radius 2 is 2.17 bits per heavy atom. The van der Waals surface area contributed by atoms with Crippen LogP contribution in [0.2, 0.25) is 0 Å². The van der Waals surface area contributed by atoms with E-state index < -0.39 is 0 Å². The monoisotopic (exact) mass is 241 g/mol. The molecule has 0 aromatic carbocycles. The van der Waals surface area contributed by atoms with Crippen molar-refractivity contribution in [1.82, 2.24) is 14.8 Å². The lowest BCUT2D eigenvalue weighted by Gasteiger charge is -2.22. The molecule has 0 aliphatic rings. The Labute approximate surface area is 106 Å². The molecule has 5 heteroatoms. The third kappa shape index (κ3) is 2.48. The van der Waals surface area contributed by atoms with E-state index in [0.717, 1.165) is 0 Å². The Morgan fingerprint density at radius 1 is 1.33 bits per heavy atom. The summed E-state index contributed by atoms with van der Waals surface area (Å²) in [7, 11) is 0. The largest absolute Gasteiger partial charge is 0.364 e. The average Bonchev–Trinajstić information content (AvgIpc) is 2.92. The molecule has 0 saturated heterocycles. The quantitative estimate of drug-likeness (QED) is 0.891. The average molecular weight is 241 g/mol. The lowest BCUT2D eigenvalue weighted by Crippen LogP contribution is -2.27. The Kier molecular flexibility index (Phi) is 3.58. The van der Waals surface area contributed by atoms with Crippen molar-refractivity contribution in [2.24, 2.45) is 0 Å². The fraction of sp³-hybridized carbons (Fsp3) is 0.308. The fourth-order valence-corrected chi connectivity index (χ4v) is 1.70. The van der Waals surface area contributed by atoms with Crippen LogP contribution in [0, 0.1) is 11.3 Å². The van der Waals surface area contributed by atoms with E-state index >= 15 is 0 Å². The van der Waals surface area contributed by atoms with E-state index in [4.69, 9.17) is 5.26 Å². The standard InChI is InChI=1S/C13H15N5/c1-10(11(2)18-8-4-7-16-18)17-13-12(9-14)5-3-6-15-13/h3-8,10-11H,1-2H3,(H,15,17)/t10-,11+/m0/s1. The summed E-state index contributed by atoms with van der Waals surface area (Å²) in [6, 6.07) is 7.82. The van der Waals surface area contributed by atoms with Crippen molar-refractivity contribution in [3.63, 3.8) is 0 Å². The minimum atomic E-state index is 0.117. The van der Waals surface area contributed by atoms with E-state index in [9.17, 15) is 0 Å². The van der Waals surface area contributed by atoms with Gasteiger partial charge in [0.25, 0.3) is 0 Å². The lowest BCUT2D eigenvalue weighted by atomic mass is 10.1. The van der Waals surface area contributed by atoms with E-state index in [-0.39, 0.29) is 12.1 Å². The van der Waals surface area contributed by atoms with Gasteiger partial charge in [0.05, 0.1) is 11.6 Å². The molecule has 2 rings (SSSR count). The van der Waals surface area contributed by atoms with Gasteiger partial charge in [0.1, 0.15) is 11.9 Å². The molecule has 18 heavy (non-hydrogen) atoms. The predicted octanol–water partition coefficient (Wildman–Crippen LogP) is 2.21. The number of hydrogen-bond donors (Lipinski definition) is 1. The van der Waals surface area contributed by atoms with Crippen molar-refractivity contribution < 1.29 is 0 Å². The first-order chi connectivity index (χ1) is 8.72. The zero-order chi connectivity index (χ0) is 13.0. The van der Waals surface area contributed by atoms with E-state index in [0.29, 0.717) is 11.4 Å². The molecule has 92 valence electrons. The smallest absolute Gasteiger partial charge is 0.144 e. The maximum Gasteiger partial charge on any atom is 0.144 e. The summed E-state index contributed by atoms with van der Waals surface area (Å²) in [6.45, 7) is 4.11. The minimum absolute atomic E-state index is 0.117. The van der Waals surface area contributed by atoms with E-state index in [2.05, 4.69) is 28.4 Å².